The van der Waals surface area contributed by atoms with E-state index in [1.54, 1.807) is 0 Å². The number of carbonyl (C=O) groups excluding carboxylic acids is 1. The number of benzene rings is 1. The molecule has 6 heteroatoms. The van der Waals surface area contributed by atoms with Crippen molar-refractivity contribution in [3.8, 4) is 11.5 Å². The molecule has 0 spiro atoms. The van der Waals surface area contributed by atoms with Gasteiger partial charge in [-0.05, 0) is 56.5 Å². The fourth-order valence-corrected chi connectivity index (χ4v) is 2.88. The van der Waals surface area contributed by atoms with Gasteiger partial charge in [-0.1, -0.05) is 6.07 Å². The van der Waals surface area contributed by atoms with E-state index in [0.717, 1.165) is 36.6 Å². The summed E-state index contributed by atoms with van der Waals surface area (Å²) >= 11 is 0. The third-order valence-corrected chi connectivity index (χ3v) is 4.22. The van der Waals surface area contributed by atoms with Gasteiger partial charge in [-0.25, -0.2) is 0 Å². The molecule has 1 amide bonds. The van der Waals surface area contributed by atoms with Gasteiger partial charge in [0.05, 0.1) is 6.04 Å². The number of ether oxygens (including phenoxy) is 2. The number of amides is 1. The van der Waals surface area contributed by atoms with Gasteiger partial charge in [-0.3, -0.25) is 4.79 Å². The lowest BCUT2D eigenvalue weighted by atomic mass is 10.0. The summed E-state index contributed by atoms with van der Waals surface area (Å²) in [7, 11) is 0. The van der Waals surface area contributed by atoms with Gasteiger partial charge in [0, 0.05) is 6.42 Å². The second-order valence-corrected chi connectivity index (χ2v) is 5.80. The highest BCUT2D eigenvalue weighted by molar-refractivity contribution is 5.85. The van der Waals surface area contributed by atoms with Crippen molar-refractivity contribution in [2.75, 3.05) is 19.9 Å². The van der Waals surface area contributed by atoms with Crippen molar-refractivity contribution >= 4 is 18.3 Å². The SMILES string of the molecule is CC(NC(=O)CCC1CCNC1)c1ccc2c(c1)OCO2.Cl. The first kappa shape index (κ1) is 16.9. The summed E-state index contributed by atoms with van der Waals surface area (Å²) in [5, 5.41) is 6.38. The maximum absolute atomic E-state index is 12.0. The molecule has 0 aliphatic carbocycles. The standard InChI is InChI=1S/C16H22N2O3.ClH/c1-11(13-3-4-14-15(8-13)21-10-20-14)18-16(19)5-2-12-6-7-17-9-12;/h3-4,8,11-12,17H,2,5-7,9-10H2,1H3,(H,18,19);1H. The predicted molar refractivity (Wildman–Crippen MR) is 86.6 cm³/mol. The Labute approximate surface area is 137 Å². The van der Waals surface area contributed by atoms with Crippen LogP contribution in [0.15, 0.2) is 18.2 Å². The summed E-state index contributed by atoms with van der Waals surface area (Å²) in [6, 6.07) is 5.78. The number of rotatable bonds is 5. The van der Waals surface area contributed by atoms with E-state index in [4.69, 9.17) is 9.47 Å². The molecule has 2 aliphatic rings. The molecule has 1 aromatic rings. The highest BCUT2D eigenvalue weighted by Gasteiger charge is 2.18. The first-order valence-electron chi connectivity index (χ1n) is 7.62. The second-order valence-electron chi connectivity index (χ2n) is 5.80. The zero-order valence-corrected chi connectivity index (χ0v) is 13.6. The number of fused-ring (bicyclic) bond motifs is 1. The molecule has 0 bridgehead atoms. The van der Waals surface area contributed by atoms with Crippen LogP contribution < -0.4 is 20.1 Å². The number of halogens is 1. The maximum Gasteiger partial charge on any atom is 0.231 e. The summed E-state index contributed by atoms with van der Waals surface area (Å²) in [5.74, 6) is 2.29. The highest BCUT2D eigenvalue weighted by atomic mass is 35.5. The monoisotopic (exact) mass is 326 g/mol. The quantitative estimate of drug-likeness (QED) is 0.872. The van der Waals surface area contributed by atoms with Crippen LogP contribution in [0.3, 0.4) is 0 Å². The van der Waals surface area contributed by atoms with Gasteiger partial charge in [-0.15, -0.1) is 12.4 Å². The molecule has 1 aromatic carbocycles. The van der Waals surface area contributed by atoms with Crippen molar-refractivity contribution in [2.24, 2.45) is 5.92 Å². The van der Waals surface area contributed by atoms with E-state index in [1.807, 2.05) is 25.1 Å². The third kappa shape index (κ3) is 4.05. The van der Waals surface area contributed by atoms with Crippen molar-refractivity contribution in [1.29, 1.82) is 0 Å². The summed E-state index contributed by atoms with van der Waals surface area (Å²) < 4.78 is 10.7. The lowest BCUT2D eigenvalue weighted by Crippen LogP contribution is -2.27. The average molecular weight is 327 g/mol. The van der Waals surface area contributed by atoms with Crippen LogP contribution in [0.4, 0.5) is 0 Å². The van der Waals surface area contributed by atoms with E-state index in [-0.39, 0.29) is 31.1 Å². The molecular weight excluding hydrogens is 304 g/mol. The topological polar surface area (TPSA) is 59.6 Å². The van der Waals surface area contributed by atoms with Gasteiger partial charge in [0.2, 0.25) is 12.7 Å². The number of hydrogen-bond acceptors (Lipinski definition) is 4. The molecule has 2 N–H and O–H groups in total. The Morgan fingerprint density at radius 3 is 3.00 bits per heavy atom. The Balaban J connectivity index is 0.00000176. The molecule has 0 aromatic heterocycles. The molecule has 2 heterocycles. The molecule has 122 valence electrons. The number of hydrogen-bond donors (Lipinski definition) is 2. The molecule has 3 rings (SSSR count). The summed E-state index contributed by atoms with van der Waals surface area (Å²) in [6.45, 7) is 4.40. The fraction of sp³-hybridized carbons (Fsp3) is 0.562. The van der Waals surface area contributed by atoms with Crippen LogP contribution in [-0.4, -0.2) is 25.8 Å². The van der Waals surface area contributed by atoms with Crippen LogP contribution in [0.2, 0.25) is 0 Å². The van der Waals surface area contributed by atoms with Crippen molar-refractivity contribution in [3.05, 3.63) is 23.8 Å². The van der Waals surface area contributed by atoms with Gasteiger partial charge >= 0.3 is 0 Å². The average Bonchev–Trinajstić information content (AvgIpc) is 3.15. The third-order valence-electron chi connectivity index (χ3n) is 4.22. The van der Waals surface area contributed by atoms with E-state index >= 15 is 0 Å². The predicted octanol–water partition coefficient (Wildman–Crippen LogP) is 2.40. The second kappa shape index (κ2) is 7.70. The summed E-state index contributed by atoms with van der Waals surface area (Å²) in [6.07, 6.45) is 2.75. The van der Waals surface area contributed by atoms with Crippen LogP contribution in [0.5, 0.6) is 11.5 Å². The van der Waals surface area contributed by atoms with Gasteiger partial charge in [0.1, 0.15) is 0 Å². The minimum atomic E-state index is -0.0197. The van der Waals surface area contributed by atoms with E-state index in [2.05, 4.69) is 10.6 Å². The largest absolute Gasteiger partial charge is 0.454 e. The molecule has 22 heavy (non-hydrogen) atoms. The Morgan fingerprint density at radius 1 is 1.41 bits per heavy atom. The summed E-state index contributed by atoms with van der Waals surface area (Å²) in [4.78, 5) is 12.0. The van der Waals surface area contributed by atoms with E-state index in [1.165, 1.54) is 6.42 Å². The van der Waals surface area contributed by atoms with E-state index in [9.17, 15) is 4.79 Å². The number of carbonyl (C=O) groups is 1. The lowest BCUT2D eigenvalue weighted by molar-refractivity contribution is -0.122. The number of nitrogens with one attached hydrogen (secondary N) is 2. The summed E-state index contributed by atoms with van der Waals surface area (Å²) in [5.41, 5.74) is 1.04. The smallest absolute Gasteiger partial charge is 0.231 e. The molecule has 0 radical (unpaired) electrons. The Hall–Kier alpha value is -1.46. The maximum atomic E-state index is 12.0. The Morgan fingerprint density at radius 2 is 2.23 bits per heavy atom. The van der Waals surface area contributed by atoms with Gasteiger partial charge in [0.25, 0.3) is 0 Å². The van der Waals surface area contributed by atoms with Crippen molar-refractivity contribution in [2.45, 2.75) is 32.2 Å². The van der Waals surface area contributed by atoms with Crippen LogP contribution in [0, 0.1) is 5.92 Å². The first-order valence-corrected chi connectivity index (χ1v) is 7.62. The van der Waals surface area contributed by atoms with E-state index < -0.39 is 0 Å². The minimum absolute atomic E-state index is 0. The molecule has 2 aliphatic heterocycles. The normalized spacial score (nSPS) is 20.3. The minimum Gasteiger partial charge on any atom is -0.454 e. The van der Waals surface area contributed by atoms with Crippen LogP contribution in [-0.2, 0) is 4.79 Å². The fourth-order valence-electron chi connectivity index (χ4n) is 2.88. The molecule has 0 saturated carbocycles. The van der Waals surface area contributed by atoms with Crippen LogP contribution >= 0.6 is 12.4 Å². The van der Waals surface area contributed by atoms with Gasteiger partial charge in [0.15, 0.2) is 11.5 Å². The Kier molecular flexibility index (Phi) is 5.91. The highest BCUT2D eigenvalue weighted by Crippen LogP contribution is 2.34. The Bertz CT molecular complexity index is 518. The van der Waals surface area contributed by atoms with Gasteiger partial charge in [-0.2, -0.15) is 0 Å². The van der Waals surface area contributed by atoms with Crippen LogP contribution in [0.25, 0.3) is 0 Å². The molecule has 1 fully saturated rings. The van der Waals surface area contributed by atoms with Crippen LogP contribution in [0.1, 0.15) is 37.8 Å². The van der Waals surface area contributed by atoms with Gasteiger partial charge < -0.3 is 20.1 Å². The zero-order chi connectivity index (χ0) is 14.7. The molecule has 5 nitrogen and oxygen atoms in total. The lowest BCUT2D eigenvalue weighted by Gasteiger charge is -2.15. The molecule has 2 unspecified atom stereocenters. The molecule has 1 saturated heterocycles. The van der Waals surface area contributed by atoms with E-state index in [0.29, 0.717) is 12.3 Å². The molecular formula is C16H23ClN2O3. The van der Waals surface area contributed by atoms with Crippen molar-refractivity contribution < 1.29 is 14.3 Å². The molecule has 2 atom stereocenters. The van der Waals surface area contributed by atoms with Crippen molar-refractivity contribution in [1.82, 2.24) is 10.6 Å². The first-order chi connectivity index (χ1) is 10.2. The van der Waals surface area contributed by atoms with Crippen molar-refractivity contribution in [3.63, 3.8) is 0 Å². The zero-order valence-electron chi connectivity index (χ0n) is 12.8.